The Kier molecular flexibility index (Phi) is 2.26. The van der Waals surface area contributed by atoms with E-state index in [4.69, 9.17) is 0 Å². The van der Waals surface area contributed by atoms with Crippen LogP contribution in [0.2, 0.25) is 0 Å². The molecule has 0 aliphatic carbocycles. The van der Waals surface area contributed by atoms with Crippen molar-refractivity contribution >= 4 is 0 Å². The van der Waals surface area contributed by atoms with E-state index in [2.05, 4.69) is 41.4 Å². The summed E-state index contributed by atoms with van der Waals surface area (Å²) in [5.41, 5.74) is 3.08. The summed E-state index contributed by atoms with van der Waals surface area (Å²) in [5.74, 6) is 0. The van der Waals surface area contributed by atoms with Crippen molar-refractivity contribution < 1.29 is 0 Å². The first-order chi connectivity index (χ1) is 7.40. The maximum Gasteiger partial charge on any atom is 0.0508 e. The summed E-state index contributed by atoms with van der Waals surface area (Å²) in [5, 5.41) is 3.64. The third-order valence-electron chi connectivity index (χ3n) is 3.77. The molecule has 0 amide bonds. The number of piperazine rings is 1. The number of hydrogen-bond acceptors (Lipinski definition) is 2. The van der Waals surface area contributed by atoms with Crippen molar-refractivity contribution in [3.8, 4) is 0 Å². The molecule has 2 aliphatic heterocycles. The number of hydrogen-bond donors (Lipinski definition) is 1. The minimum Gasteiger partial charge on any atom is -0.311 e. The van der Waals surface area contributed by atoms with Crippen LogP contribution in [0.4, 0.5) is 0 Å². The molecule has 3 rings (SSSR count). The van der Waals surface area contributed by atoms with E-state index in [1.807, 2.05) is 0 Å². The highest BCUT2D eigenvalue weighted by molar-refractivity contribution is 5.35. The van der Waals surface area contributed by atoms with Crippen molar-refractivity contribution in [1.29, 1.82) is 0 Å². The molecule has 1 aromatic carbocycles. The number of nitrogens with zero attached hydrogens (tertiary/aromatic N) is 1. The second kappa shape index (κ2) is 3.62. The molecule has 1 fully saturated rings. The van der Waals surface area contributed by atoms with Gasteiger partial charge in [0.2, 0.25) is 0 Å². The Bertz CT molecular complexity index is 355. The van der Waals surface area contributed by atoms with Crippen LogP contribution in [0.1, 0.15) is 30.5 Å². The molecule has 0 bridgehead atoms. The van der Waals surface area contributed by atoms with Crippen molar-refractivity contribution in [1.82, 2.24) is 10.2 Å². The fraction of sp³-hybridized carbons (Fsp3) is 0.538. The van der Waals surface area contributed by atoms with Crippen molar-refractivity contribution in [2.45, 2.75) is 32.0 Å². The first-order valence-electron chi connectivity index (χ1n) is 5.95. The first kappa shape index (κ1) is 9.37. The monoisotopic (exact) mass is 202 g/mol. The lowest BCUT2D eigenvalue weighted by atomic mass is 9.95. The Morgan fingerprint density at radius 3 is 3.13 bits per heavy atom. The molecule has 1 aromatic rings. The zero-order valence-electron chi connectivity index (χ0n) is 9.24. The lowest BCUT2D eigenvalue weighted by molar-refractivity contribution is 0.131. The summed E-state index contributed by atoms with van der Waals surface area (Å²) in [6.45, 7) is 5.76. The number of rotatable bonds is 1. The maximum atomic E-state index is 3.64. The van der Waals surface area contributed by atoms with E-state index in [-0.39, 0.29) is 0 Å². The van der Waals surface area contributed by atoms with Crippen LogP contribution in [0.15, 0.2) is 24.3 Å². The standard InChI is InChI=1S/C13H18N2/c1-2-12-13-11-6-4-3-5-10(11)9-15(13)8-7-14-12/h3-6,12-14H,2,7-9H2,1H3. The van der Waals surface area contributed by atoms with Crippen LogP contribution in [-0.2, 0) is 6.54 Å². The predicted octanol–water partition coefficient (Wildman–Crippen LogP) is 1.93. The maximum absolute atomic E-state index is 3.64. The lowest BCUT2D eigenvalue weighted by Crippen LogP contribution is -2.49. The van der Waals surface area contributed by atoms with Gasteiger partial charge in [0, 0.05) is 25.7 Å². The molecule has 2 unspecified atom stereocenters. The molecular formula is C13H18N2. The van der Waals surface area contributed by atoms with Gasteiger partial charge >= 0.3 is 0 Å². The molecular weight excluding hydrogens is 184 g/mol. The van der Waals surface area contributed by atoms with Gasteiger partial charge in [-0.05, 0) is 17.5 Å². The van der Waals surface area contributed by atoms with Crippen LogP contribution in [0.25, 0.3) is 0 Å². The smallest absolute Gasteiger partial charge is 0.0508 e. The van der Waals surface area contributed by atoms with Crippen LogP contribution in [0.3, 0.4) is 0 Å². The van der Waals surface area contributed by atoms with Gasteiger partial charge in [0.1, 0.15) is 0 Å². The first-order valence-corrected chi connectivity index (χ1v) is 5.95. The zero-order chi connectivity index (χ0) is 10.3. The van der Waals surface area contributed by atoms with Gasteiger partial charge < -0.3 is 5.32 Å². The topological polar surface area (TPSA) is 15.3 Å². The molecule has 0 aromatic heterocycles. The summed E-state index contributed by atoms with van der Waals surface area (Å²) in [7, 11) is 0. The molecule has 0 radical (unpaired) electrons. The Hall–Kier alpha value is -0.860. The molecule has 0 saturated carbocycles. The van der Waals surface area contributed by atoms with E-state index in [9.17, 15) is 0 Å². The number of benzene rings is 1. The van der Waals surface area contributed by atoms with Crippen LogP contribution < -0.4 is 5.32 Å². The van der Waals surface area contributed by atoms with Gasteiger partial charge in [-0.1, -0.05) is 31.2 Å². The summed E-state index contributed by atoms with van der Waals surface area (Å²) >= 11 is 0. The average molecular weight is 202 g/mol. The second-order valence-corrected chi connectivity index (χ2v) is 4.58. The zero-order valence-corrected chi connectivity index (χ0v) is 9.24. The van der Waals surface area contributed by atoms with Crippen LogP contribution in [0, 0.1) is 0 Å². The minimum atomic E-state index is 0.625. The Morgan fingerprint density at radius 2 is 2.27 bits per heavy atom. The molecule has 2 heterocycles. The summed E-state index contributed by atoms with van der Waals surface area (Å²) in [6.07, 6.45) is 1.22. The SMILES string of the molecule is CCC1NCCN2Cc3ccccc3C12. The Morgan fingerprint density at radius 1 is 1.40 bits per heavy atom. The van der Waals surface area contributed by atoms with Crippen LogP contribution >= 0.6 is 0 Å². The molecule has 80 valence electrons. The predicted molar refractivity (Wildman–Crippen MR) is 61.7 cm³/mol. The molecule has 1 N–H and O–H groups in total. The molecule has 1 saturated heterocycles. The number of fused-ring (bicyclic) bond motifs is 3. The summed E-state index contributed by atoms with van der Waals surface area (Å²) in [4.78, 5) is 2.62. The van der Waals surface area contributed by atoms with Crippen molar-refractivity contribution in [3.63, 3.8) is 0 Å². The Balaban J connectivity index is 1.99. The van der Waals surface area contributed by atoms with Gasteiger partial charge in [-0.25, -0.2) is 0 Å². The third-order valence-corrected chi connectivity index (χ3v) is 3.77. The van der Waals surface area contributed by atoms with E-state index < -0.39 is 0 Å². The van der Waals surface area contributed by atoms with Crippen molar-refractivity contribution in [2.24, 2.45) is 0 Å². The summed E-state index contributed by atoms with van der Waals surface area (Å²) in [6, 6.07) is 10.2. The average Bonchev–Trinajstić information content (AvgIpc) is 2.67. The largest absolute Gasteiger partial charge is 0.311 e. The van der Waals surface area contributed by atoms with Crippen LogP contribution in [-0.4, -0.2) is 24.0 Å². The fourth-order valence-electron chi connectivity index (χ4n) is 3.04. The molecule has 2 aliphatic rings. The molecule has 2 nitrogen and oxygen atoms in total. The van der Waals surface area contributed by atoms with Gasteiger partial charge in [-0.2, -0.15) is 0 Å². The van der Waals surface area contributed by atoms with Crippen molar-refractivity contribution in [2.75, 3.05) is 13.1 Å². The van der Waals surface area contributed by atoms with E-state index in [0.717, 1.165) is 13.1 Å². The summed E-state index contributed by atoms with van der Waals surface area (Å²) < 4.78 is 0. The van der Waals surface area contributed by atoms with Crippen molar-refractivity contribution in [3.05, 3.63) is 35.4 Å². The van der Waals surface area contributed by atoms with E-state index in [1.54, 1.807) is 5.56 Å². The quantitative estimate of drug-likeness (QED) is 0.748. The highest BCUT2D eigenvalue weighted by Crippen LogP contribution is 2.37. The van der Waals surface area contributed by atoms with Gasteiger partial charge in [0.05, 0.1) is 6.04 Å². The normalized spacial score (nSPS) is 29.9. The highest BCUT2D eigenvalue weighted by atomic mass is 15.2. The molecule has 0 spiro atoms. The minimum absolute atomic E-state index is 0.625. The van der Waals surface area contributed by atoms with Gasteiger partial charge in [-0.15, -0.1) is 0 Å². The van der Waals surface area contributed by atoms with E-state index in [1.165, 1.54) is 18.5 Å². The van der Waals surface area contributed by atoms with Gasteiger partial charge in [0.15, 0.2) is 0 Å². The van der Waals surface area contributed by atoms with E-state index >= 15 is 0 Å². The number of nitrogens with one attached hydrogen (secondary N) is 1. The Labute approximate surface area is 91.3 Å². The molecule has 2 atom stereocenters. The lowest BCUT2D eigenvalue weighted by Gasteiger charge is -2.37. The molecule has 2 heteroatoms. The molecule has 15 heavy (non-hydrogen) atoms. The van der Waals surface area contributed by atoms with Gasteiger partial charge in [0.25, 0.3) is 0 Å². The highest BCUT2D eigenvalue weighted by Gasteiger charge is 2.36. The van der Waals surface area contributed by atoms with E-state index in [0.29, 0.717) is 12.1 Å². The second-order valence-electron chi connectivity index (χ2n) is 4.58. The fourth-order valence-corrected chi connectivity index (χ4v) is 3.04. The van der Waals surface area contributed by atoms with Gasteiger partial charge in [-0.3, -0.25) is 4.90 Å². The van der Waals surface area contributed by atoms with Crippen LogP contribution in [0.5, 0.6) is 0 Å². The third kappa shape index (κ3) is 1.40.